The predicted molar refractivity (Wildman–Crippen MR) is 94.9 cm³/mol. The number of benzene rings is 2. The molecule has 0 bridgehead atoms. The highest BCUT2D eigenvalue weighted by Crippen LogP contribution is 2.42. The fourth-order valence-electron chi connectivity index (χ4n) is 2.75. The van der Waals surface area contributed by atoms with Crippen LogP contribution in [-0.2, 0) is 19.9 Å². The van der Waals surface area contributed by atoms with Crippen molar-refractivity contribution in [2.75, 3.05) is 11.0 Å². The van der Waals surface area contributed by atoms with Gasteiger partial charge in [0.05, 0.1) is 10.6 Å². The number of hydrogen-bond donors (Lipinski definition) is 2. The van der Waals surface area contributed by atoms with Crippen LogP contribution in [0.5, 0.6) is 11.5 Å². The Hall–Kier alpha value is -2.86. The summed E-state index contributed by atoms with van der Waals surface area (Å²) in [7, 11) is -7.56. The molecule has 28 heavy (non-hydrogen) atoms. The van der Waals surface area contributed by atoms with Crippen molar-refractivity contribution in [3.8, 4) is 11.5 Å². The fraction of sp³-hybridized carbons (Fsp3) is 0.125. The fourth-order valence-corrected chi connectivity index (χ4v) is 4.63. The van der Waals surface area contributed by atoms with E-state index in [0.29, 0.717) is 5.52 Å². The van der Waals surface area contributed by atoms with Crippen LogP contribution >= 0.6 is 0 Å². The maximum absolute atomic E-state index is 13.1. The van der Waals surface area contributed by atoms with E-state index in [0.717, 1.165) is 18.4 Å². The maximum atomic E-state index is 13.1. The molecule has 8 nitrogen and oxygen atoms in total. The van der Waals surface area contributed by atoms with E-state index in [-0.39, 0.29) is 32.4 Å². The van der Waals surface area contributed by atoms with Gasteiger partial charge in [-0.1, -0.05) is 6.07 Å². The number of sulfonamides is 1. The lowest BCUT2D eigenvalue weighted by Gasteiger charge is -2.08. The normalized spacial score (nSPS) is 15.7. The largest absolute Gasteiger partial charge is 0.586 e. The Balaban J connectivity index is 1.68. The highest BCUT2D eigenvalue weighted by atomic mass is 32.2. The molecule has 1 aromatic heterocycles. The molecule has 1 aliphatic rings. The summed E-state index contributed by atoms with van der Waals surface area (Å²) in [4.78, 5) is 2.62. The van der Waals surface area contributed by atoms with Crippen molar-refractivity contribution in [1.82, 2.24) is 4.98 Å². The van der Waals surface area contributed by atoms with E-state index in [1.807, 2.05) is 0 Å². The molecule has 0 spiro atoms. The molecule has 3 aromatic rings. The predicted octanol–water partition coefficient (Wildman–Crippen LogP) is 2.69. The number of H-pyrrole nitrogens is 1. The third kappa shape index (κ3) is 3.24. The van der Waals surface area contributed by atoms with Gasteiger partial charge in [-0.05, 0) is 24.3 Å². The average Bonchev–Trinajstić information content (AvgIpc) is 3.12. The van der Waals surface area contributed by atoms with Crippen molar-refractivity contribution in [3.63, 3.8) is 0 Å². The Morgan fingerprint density at radius 2 is 1.71 bits per heavy atom. The van der Waals surface area contributed by atoms with Crippen molar-refractivity contribution in [2.45, 2.75) is 16.1 Å². The van der Waals surface area contributed by atoms with Gasteiger partial charge in [-0.25, -0.2) is 16.8 Å². The van der Waals surface area contributed by atoms with Crippen molar-refractivity contribution in [3.05, 3.63) is 42.6 Å². The third-order valence-corrected chi connectivity index (χ3v) is 6.52. The first-order valence-electron chi connectivity index (χ1n) is 7.69. The molecule has 4 rings (SSSR count). The van der Waals surface area contributed by atoms with Crippen molar-refractivity contribution in [2.24, 2.45) is 0 Å². The zero-order valence-corrected chi connectivity index (χ0v) is 15.7. The number of rotatable bonds is 4. The summed E-state index contributed by atoms with van der Waals surface area (Å²) < 4.78 is 85.7. The number of aromatic nitrogens is 1. The molecule has 1 aliphatic heterocycles. The zero-order chi connectivity index (χ0) is 20.3. The van der Waals surface area contributed by atoms with Gasteiger partial charge in [-0.15, -0.1) is 8.78 Å². The van der Waals surface area contributed by atoms with Gasteiger partial charge >= 0.3 is 6.29 Å². The van der Waals surface area contributed by atoms with Crippen molar-refractivity contribution < 1.29 is 35.1 Å². The van der Waals surface area contributed by atoms with E-state index in [9.17, 15) is 25.6 Å². The molecule has 2 heterocycles. The van der Waals surface area contributed by atoms with Crippen LogP contribution in [0.4, 0.5) is 14.5 Å². The van der Waals surface area contributed by atoms with Gasteiger partial charge in [0.1, 0.15) is 4.90 Å². The summed E-state index contributed by atoms with van der Waals surface area (Å²) in [6.45, 7) is 0. The first-order chi connectivity index (χ1) is 12.9. The second-order valence-corrected chi connectivity index (χ2v) is 9.73. The van der Waals surface area contributed by atoms with Crippen molar-refractivity contribution >= 4 is 36.5 Å². The number of hydrogen-bond acceptors (Lipinski definition) is 6. The monoisotopic (exact) mass is 430 g/mol. The molecule has 0 unspecified atom stereocenters. The number of ether oxygens (including phenoxy) is 2. The minimum atomic E-state index is -4.11. The van der Waals surface area contributed by atoms with Gasteiger partial charge in [0.2, 0.25) is 0 Å². The Morgan fingerprint density at radius 1 is 1.00 bits per heavy atom. The summed E-state index contributed by atoms with van der Waals surface area (Å²) in [5, 5.41) is 0.271. The van der Waals surface area contributed by atoms with E-state index < -0.39 is 26.2 Å². The number of fused-ring (bicyclic) bond motifs is 2. The van der Waals surface area contributed by atoms with Crippen LogP contribution < -0.4 is 14.2 Å². The summed E-state index contributed by atoms with van der Waals surface area (Å²) >= 11 is 0. The molecule has 0 amide bonds. The van der Waals surface area contributed by atoms with Crippen LogP contribution in [0.3, 0.4) is 0 Å². The summed E-state index contributed by atoms with van der Waals surface area (Å²) in [5.41, 5.74) is 0.302. The van der Waals surface area contributed by atoms with Gasteiger partial charge in [0, 0.05) is 29.4 Å². The van der Waals surface area contributed by atoms with Gasteiger partial charge in [-0.3, -0.25) is 4.72 Å². The van der Waals surface area contributed by atoms with Gasteiger partial charge in [0.15, 0.2) is 21.3 Å². The van der Waals surface area contributed by atoms with Gasteiger partial charge in [0.25, 0.3) is 10.0 Å². The van der Waals surface area contributed by atoms with E-state index in [1.165, 1.54) is 30.5 Å². The van der Waals surface area contributed by atoms with Crippen LogP contribution in [0.25, 0.3) is 10.9 Å². The summed E-state index contributed by atoms with van der Waals surface area (Å²) in [6, 6.07) is 7.47. The van der Waals surface area contributed by atoms with Crippen LogP contribution in [-0.4, -0.2) is 34.4 Å². The summed E-state index contributed by atoms with van der Waals surface area (Å²) in [6.07, 6.45) is -1.56. The second-order valence-electron chi connectivity index (χ2n) is 6.07. The van der Waals surface area contributed by atoms with Crippen LogP contribution in [0, 0.1) is 0 Å². The molecule has 0 radical (unpaired) electrons. The molecule has 0 fully saturated rings. The number of halogens is 2. The van der Waals surface area contributed by atoms with E-state index >= 15 is 0 Å². The van der Waals surface area contributed by atoms with E-state index in [1.54, 1.807) is 0 Å². The maximum Gasteiger partial charge on any atom is 0.586 e. The van der Waals surface area contributed by atoms with E-state index in [2.05, 4.69) is 19.2 Å². The average molecular weight is 430 g/mol. The number of aromatic amines is 1. The molecule has 2 N–H and O–H groups in total. The van der Waals surface area contributed by atoms with E-state index in [4.69, 9.17) is 0 Å². The molecule has 148 valence electrons. The third-order valence-electron chi connectivity index (χ3n) is 3.99. The minimum absolute atomic E-state index is 0.0119. The molecule has 12 heteroatoms. The molecular formula is C16H12F2N2O6S2. The smallest absolute Gasteiger partial charge is 0.395 e. The molecule has 0 saturated carbocycles. The topological polar surface area (TPSA) is 115 Å². The lowest BCUT2D eigenvalue weighted by molar-refractivity contribution is -0.286. The lowest BCUT2D eigenvalue weighted by atomic mass is 10.2. The van der Waals surface area contributed by atoms with Gasteiger partial charge < -0.3 is 14.5 Å². The zero-order valence-electron chi connectivity index (χ0n) is 14.1. The Bertz CT molecular complexity index is 1320. The number of nitrogens with one attached hydrogen (secondary N) is 2. The van der Waals surface area contributed by atoms with Crippen LogP contribution in [0.15, 0.2) is 52.4 Å². The first kappa shape index (κ1) is 18.5. The highest BCUT2D eigenvalue weighted by Gasteiger charge is 2.43. The Labute approximate surface area is 158 Å². The Kier molecular flexibility index (Phi) is 3.84. The molecule has 2 aromatic carbocycles. The first-order valence-corrected chi connectivity index (χ1v) is 11.1. The Morgan fingerprint density at radius 3 is 2.43 bits per heavy atom. The quantitative estimate of drug-likeness (QED) is 0.658. The minimum Gasteiger partial charge on any atom is -0.395 e. The second kappa shape index (κ2) is 5.82. The number of sulfone groups is 1. The highest BCUT2D eigenvalue weighted by molar-refractivity contribution is 7.93. The number of alkyl halides is 2. The van der Waals surface area contributed by atoms with Gasteiger partial charge in [-0.2, -0.15) is 0 Å². The SMILES string of the molecule is CS(=O)(=O)c1ccc2c(S(=O)(=O)Nc3ccc4c(c3)OC(F)(F)O4)c[nH]c2c1. The van der Waals surface area contributed by atoms with Crippen LogP contribution in [0.1, 0.15) is 0 Å². The molecule has 0 atom stereocenters. The molecule has 0 saturated heterocycles. The summed E-state index contributed by atoms with van der Waals surface area (Å²) in [5.74, 6) is -0.518. The van der Waals surface area contributed by atoms with Crippen LogP contribution in [0.2, 0.25) is 0 Å². The number of anilines is 1. The standard InChI is InChI=1S/C16H12F2N2O6S2/c1-27(21,22)10-3-4-11-12(7-10)19-8-15(11)28(23,24)20-9-2-5-13-14(6-9)26-16(17,18)25-13/h2-8,19-20H,1H3. The van der Waals surface area contributed by atoms with Crippen molar-refractivity contribution in [1.29, 1.82) is 0 Å². The lowest BCUT2D eigenvalue weighted by Crippen LogP contribution is -2.25. The molecular weight excluding hydrogens is 418 g/mol. The molecule has 0 aliphatic carbocycles.